The maximum Gasteiger partial charge on any atom is 0.404 e. The second-order valence-electron chi connectivity index (χ2n) is 4.20. The Kier molecular flexibility index (Phi) is 4.24. The first kappa shape index (κ1) is 14.0. The van der Waals surface area contributed by atoms with Crippen LogP contribution in [0.3, 0.4) is 0 Å². The summed E-state index contributed by atoms with van der Waals surface area (Å²) >= 11 is 1.29. The van der Waals surface area contributed by atoms with E-state index >= 15 is 0 Å². The number of primary amides is 1. The molecule has 0 spiro atoms. The first-order valence-corrected chi connectivity index (χ1v) is 6.76. The van der Waals surface area contributed by atoms with Crippen LogP contribution in [0, 0.1) is 17.5 Å². The summed E-state index contributed by atoms with van der Waals surface area (Å²) in [6, 6.07) is 1.41. The van der Waals surface area contributed by atoms with E-state index < -0.39 is 34.9 Å². The summed E-state index contributed by atoms with van der Waals surface area (Å²) in [7, 11) is 0. The van der Waals surface area contributed by atoms with Crippen LogP contribution in [0.15, 0.2) is 12.1 Å². The van der Waals surface area contributed by atoms with Crippen molar-refractivity contribution in [2.45, 2.75) is 24.2 Å². The SMILES string of the molecule is NC(=O)OC1CCCSC1c1cc(F)cc(F)c1F. The fourth-order valence-electron chi connectivity index (χ4n) is 2.10. The molecule has 2 N–H and O–H groups in total. The van der Waals surface area contributed by atoms with Gasteiger partial charge in [-0.3, -0.25) is 0 Å². The zero-order valence-electron chi connectivity index (χ0n) is 9.87. The molecule has 1 aromatic carbocycles. The second-order valence-corrected chi connectivity index (χ2v) is 5.45. The van der Waals surface area contributed by atoms with Gasteiger partial charge in [0.2, 0.25) is 0 Å². The van der Waals surface area contributed by atoms with E-state index in [1.165, 1.54) is 11.8 Å². The van der Waals surface area contributed by atoms with Crippen molar-refractivity contribution in [3.8, 4) is 0 Å². The monoisotopic (exact) mass is 291 g/mol. The van der Waals surface area contributed by atoms with Crippen molar-refractivity contribution in [2.24, 2.45) is 5.73 Å². The van der Waals surface area contributed by atoms with Crippen molar-refractivity contribution < 1.29 is 22.7 Å². The number of carbonyl (C=O) groups is 1. The topological polar surface area (TPSA) is 52.3 Å². The van der Waals surface area contributed by atoms with Gasteiger partial charge in [-0.05, 0) is 24.7 Å². The van der Waals surface area contributed by atoms with Crippen LogP contribution in [0.5, 0.6) is 0 Å². The molecule has 1 saturated heterocycles. The molecule has 0 bridgehead atoms. The van der Waals surface area contributed by atoms with Crippen molar-refractivity contribution in [1.29, 1.82) is 0 Å². The predicted octanol–water partition coefficient (Wildman–Crippen LogP) is 3.14. The number of rotatable bonds is 2. The molecule has 7 heteroatoms. The van der Waals surface area contributed by atoms with Gasteiger partial charge in [-0.1, -0.05) is 0 Å². The average molecular weight is 291 g/mol. The van der Waals surface area contributed by atoms with Crippen LogP contribution in [0.1, 0.15) is 23.7 Å². The van der Waals surface area contributed by atoms with Gasteiger partial charge in [-0.25, -0.2) is 18.0 Å². The molecule has 1 amide bonds. The van der Waals surface area contributed by atoms with Crippen LogP contribution < -0.4 is 5.73 Å². The third-order valence-corrected chi connectivity index (χ3v) is 4.30. The van der Waals surface area contributed by atoms with Gasteiger partial charge in [0.15, 0.2) is 11.6 Å². The Balaban J connectivity index is 2.34. The fourth-order valence-corrected chi connectivity index (χ4v) is 3.44. The van der Waals surface area contributed by atoms with Crippen molar-refractivity contribution >= 4 is 17.9 Å². The highest BCUT2D eigenvalue weighted by Crippen LogP contribution is 2.41. The highest BCUT2D eigenvalue weighted by atomic mass is 32.2. The number of nitrogens with two attached hydrogens (primary N) is 1. The lowest BCUT2D eigenvalue weighted by Crippen LogP contribution is -2.30. The average Bonchev–Trinajstić information content (AvgIpc) is 2.34. The number of benzene rings is 1. The van der Waals surface area contributed by atoms with E-state index in [0.717, 1.165) is 12.5 Å². The van der Waals surface area contributed by atoms with E-state index in [1.807, 2.05) is 0 Å². The molecule has 1 aromatic rings. The van der Waals surface area contributed by atoms with Gasteiger partial charge < -0.3 is 10.5 Å². The van der Waals surface area contributed by atoms with Crippen LogP contribution in [-0.2, 0) is 4.74 Å². The molecule has 1 fully saturated rings. The summed E-state index contributed by atoms with van der Waals surface area (Å²) in [4.78, 5) is 10.8. The number of amides is 1. The molecule has 0 aromatic heterocycles. The second kappa shape index (κ2) is 5.73. The van der Waals surface area contributed by atoms with E-state index in [-0.39, 0.29) is 5.56 Å². The molecule has 3 nitrogen and oxygen atoms in total. The van der Waals surface area contributed by atoms with E-state index in [0.29, 0.717) is 18.2 Å². The third kappa shape index (κ3) is 3.15. The number of halogens is 3. The lowest BCUT2D eigenvalue weighted by molar-refractivity contribution is 0.0963. The van der Waals surface area contributed by atoms with Crippen LogP contribution in [0.2, 0.25) is 0 Å². The predicted molar refractivity (Wildman–Crippen MR) is 65.2 cm³/mol. The lowest BCUT2D eigenvalue weighted by Gasteiger charge is -2.30. The van der Waals surface area contributed by atoms with Gasteiger partial charge in [0.1, 0.15) is 11.9 Å². The standard InChI is InChI=1S/C12H12F3NO2S/c13-6-4-7(10(15)8(14)5-6)11-9(18-12(16)17)2-1-3-19-11/h4-5,9,11H,1-3H2,(H2,16,17). The van der Waals surface area contributed by atoms with Crippen molar-refractivity contribution in [2.75, 3.05) is 5.75 Å². The summed E-state index contributed by atoms with van der Waals surface area (Å²) in [5.74, 6) is -2.53. The number of carbonyl (C=O) groups excluding carboxylic acids is 1. The van der Waals surface area contributed by atoms with Gasteiger partial charge in [0, 0.05) is 11.6 Å². The van der Waals surface area contributed by atoms with Crippen LogP contribution in [-0.4, -0.2) is 18.0 Å². The van der Waals surface area contributed by atoms with Crippen molar-refractivity contribution in [3.63, 3.8) is 0 Å². The Morgan fingerprint density at radius 2 is 2.11 bits per heavy atom. The zero-order valence-corrected chi connectivity index (χ0v) is 10.7. The first-order chi connectivity index (χ1) is 8.99. The van der Waals surface area contributed by atoms with E-state index in [4.69, 9.17) is 10.5 Å². The van der Waals surface area contributed by atoms with Gasteiger partial charge in [-0.2, -0.15) is 0 Å². The molecule has 0 aliphatic carbocycles. The minimum atomic E-state index is -1.25. The quantitative estimate of drug-likeness (QED) is 0.852. The molecule has 2 atom stereocenters. The zero-order chi connectivity index (χ0) is 14.0. The summed E-state index contributed by atoms with van der Waals surface area (Å²) in [6.45, 7) is 0. The minimum Gasteiger partial charge on any atom is -0.445 e. The lowest BCUT2D eigenvalue weighted by atomic mass is 10.0. The number of ether oxygens (including phenoxy) is 1. The Morgan fingerprint density at radius 1 is 1.37 bits per heavy atom. The molecule has 1 heterocycles. The number of hydrogen-bond acceptors (Lipinski definition) is 3. The van der Waals surface area contributed by atoms with E-state index in [2.05, 4.69) is 0 Å². The highest BCUT2D eigenvalue weighted by molar-refractivity contribution is 7.99. The Bertz CT molecular complexity index is 498. The first-order valence-electron chi connectivity index (χ1n) is 5.71. The van der Waals surface area contributed by atoms with Gasteiger partial charge in [0.05, 0.1) is 5.25 Å². The Labute approximate surface area is 112 Å². The van der Waals surface area contributed by atoms with E-state index in [1.54, 1.807) is 0 Å². The minimum absolute atomic E-state index is 0.131. The van der Waals surface area contributed by atoms with Gasteiger partial charge in [-0.15, -0.1) is 11.8 Å². The van der Waals surface area contributed by atoms with Crippen LogP contribution in [0.25, 0.3) is 0 Å². The van der Waals surface area contributed by atoms with Gasteiger partial charge >= 0.3 is 6.09 Å². The third-order valence-electron chi connectivity index (χ3n) is 2.86. The summed E-state index contributed by atoms with van der Waals surface area (Å²) in [6.07, 6.45) is -0.404. The van der Waals surface area contributed by atoms with Crippen molar-refractivity contribution in [3.05, 3.63) is 35.1 Å². The van der Waals surface area contributed by atoms with E-state index in [9.17, 15) is 18.0 Å². The maximum absolute atomic E-state index is 13.8. The molecule has 1 aliphatic heterocycles. The number of thioether (sulfide) groups is 1. The molecular formula is C12H12F3NO2S. The normalized spacial score (nSPS) is 23.1. The highest BCUT2D eigenvalue weighted by Gasteiger charge is 2.33. The summed E-state index contributed by atoms with van der Waals surface area (Å²) < 4.78 is 45.1. The largest absolute Gasteiger partial charge is 0.445 e. The molecule has 19 heavy (non-hydrogen) atoms. The maximum atomic E-state index is 13.8. The number of hydrogen-bond donors (Lipinski definition) is 1. The summed E-state index contributed by atoms with van der Waals surface area (Å²) in [5, 5.41) is -0.647. The fraction of sp³-hybridized carbons (Fsp3) is 0.417. The Morgan fingerprint density at radius 3 is 2.79 bits per heavy atom. The van der Waals surface area contributed by atoms with Crippen LogP contribution >= 0.6 is 11.8 Å². The smallest absolute Gasteiger partial charge is 0.404 e. The summed E-state index contributed by atoms with van der Waals surface area (Å²) in [5.41, 5.74) is 4.82. The molecule has 1 aliphatic rings. The molecule has 104 valence electrons. The molecule has 0 saturated carbocycles. The van der Waals surface area contributed by atoms with Crippen molar-refractivity contribution in [1.82, 2.24) is 0 Å². The van der Waals surface area contributed by atoms with Crippen LogP contribution in [0.4, 0.5) is 18.0 Å². The van der Waals surface area contributed by atoms with Gasteiger partial charge in [0.25, 0.3) is 0 Å². The molecular weight excluding hydrogens is 279 g/mol. The Hall–Kier alpha value is -1.37. The molecule has 0 radical (unpaired) electrons. The molecule has 2 unspecified atom stereocenters. The molecule has 2 rings (SSSR count).